The second kappa shape index (κ2) is 8.62. The second-order valence-electron chi connectivity index (χ2n) is 7.53. The number of carbonyl (C=O) groups excluding carboxylic acids is 1. The summed E-state index contributed by atoms with van der Waals surface area (Å²) in [5.41, 5.74) is 5.44. The molecule has 3 aromatic carbocycles. The third-order valence-electron chi connectivity index (χ3n) is 5.49. The van der Waals surface area contributed by atoms with Gasteiger partial charge in [0.1, 0.15) is 6.54 Å². The standard InChI is InChI=1S/C27H22N2OS/c30-27(19-28-16-14-24-8-4-5-9-26(24)28)29(18-21-15-17-31-20-21)25-12-10-23(11-13-25)22-6-2-1-3-7-22/h1-17,20H,18-19H2. The van der Waals surface area contributed by atoms with Gasteiger partial charge in [-0.1, -0.05) is 60.7 Å². The van der Waals surface area contributed by atoms with E-state index in [9.17, 15) is 4.79 Å². The highest BCUT2D eigenvalue weighted by molar-refractivity contribution is 7.07. The molecule has 152 valence electrons. The Morgan fingerprint density at radius 3 is 2.32 bits per heavy atom. The number of nitrogens with zero attached hydrogens (tertiary/aromatic N) is 2. The number of thiophene rings is 1. The average Bonchev–Trinajstić information content (AvgIpc) is 3.48. The van der Waals surface area contributed by atoms with Gasteiger partial charge >= 0.3 is 0 Å². The highest BCUT2D eigenvalue weighted by Crippen LogP contribution is 2.25. The van der Waals surface area contributed by atoms with Crippen LogP contribution < -0.4 is 4.90 Å². The highest BCUT2D eigenvalue weighted by atomic mass is 32.1. The lowest BCUT2D eigenvalue weighted by molar-refractivity contribution is -0.119. The van der Waals surface area contributed by atoms with Gasteiger partial charge in [-0.3, -0.25) is 4.79 Å². The lowest BCUT2D eigenvalue weighted by atomic mass is 10.1. The first kappa shape index (κ1) is 19.3. The minimum atomic E-state index is 0.0695. The summed E-state index contributed by atoms with van der Waals surface area (Å²) in [6.45, 7) is 0.865. The summed E-state index contributed by atoms with van der Waals surface area (Å²) in [6, 6.07) is 30.8. The minimum Gasteiger partial charge on any atom is -0.338 e. The lowest BCUT2D eigenvalue weighted by Crippen LogP contribution is -2.33. The van der Waals surface area contributed by atoms with Crippen LogP contribution in [0, 0.1) is 0 Å². The second-order valence-corrected chi connectivity index (χ2v) is 8.31. The Morgan fingerprint density at radius 2 is 1.55 bits per heavy atom. The number of aromatic nitrogens is 1. The highest BCUT2D eigenvalue weighted by Gasteiger charge is 2.18. The maximum atomic E-state index is 13.4. The van der Waals surface area contributed by atoms with Crippen LogP contribution in [0.3, 0.4) is 0 Å². The number of anilines is 1. The number of hydrogen-bond donors (Lipinski definition) is 0. The van der Waals surface area contributed by atoms with Crippen LogP contribution >= 0.6 is 11.3 Å². The van der Waals surface area contributed by atoms with Gasteiger partial charge in [-0.25, -0.2) is 0 Å². The van der Waals surface area contributed by atoms with E-state index in [0.717, 1.165) is 27.7 Å². The fourth-order valence-electron chi connectivity index (χ4n) is 3.86. The smallest absolute Gasteiger partial charge is 0.247 e. The van der Waals surface area contributed by atoms with Gasteiger partial charge in [-0.15, -0.1) is 0 Å². The molecule has 5 rings (SSSR count). The van der Waals surface area contributed by atoms with Crippen molar-refractivity contribution in [2.75, 3.05) is 4.90 Å². The van der Waals surface area contributed by atoms with Gasteiger partial charge in [0.05, 0.1) is 6.54 Å². The number of rotatable bonds is 6. The maximum Gasteiger partial charge on any atom is 0.247 e. The van der Waals surface area contributed by atoms with Crippen molar-refractivity contribution in [3.63, 3.8) is 0 Å². The van der Waals surface area contributed by atoms with Crippen LogP contribution in [0.1, 0.15) is 5.56 Å². The van der Waals surface area contributed by atoms with Gasteiger partial charge in [0, 0.05) is 17.4 Å². The summed E-state index contributed by atoms with van der Waals surface area (Å²) in [7, 11) is 0. The molecular formula is C27H22N2OS. The topological polar surface area (TPSA) is 25.2 Å². The van der Waals surface area contributed by atoms with Crippen LogP contribution in [0.25, 0.3) is 22.0 Å². The maximum absolute atomic E-state index is 13.4. The van der Waals surface area contributed by atoms with E-state index in [1.807, 2.05) is 58.1 Å². The van der Waals surface area contributed by atoms with Crippen LogP contribution in [0.2, 0.25) is 0 Å². The molecule has 0 radical (unpaired) electrons. The fourth-order valence-corrected chi connectivity index (χ4v) is 4.52. The molecule has 0 N–H and O–H groups in total. The molecule has 1 amide bonds. The van der Waals surface area contributed by atoms with E-state index in [0.29, 0.717) is 13.1 Å². The molecule has 5 aromatic rings. The fraction of sp³-hybridized carbons (Fsp3) is 0.0741. The predicted octanol–water partition coefficient (Wildman–Crippen LogP) is 6.60. The zero-order valence-electron chi connectivity index (χ0n) is 17.0. The third-order valence-corrected chi connectivity index (χ3v) is 6.23. The molecule has 0 aliphatic rings. The Bertz CT molecular complexity index is 1290. The summed E-state index contributed by atoms with van der Waals surface area (Å²) in [5, 5.41) is 5.30. The van der Waals surface area contributed by atoms with E-state index in [-0.39, 0.29) is 5.91 Å². The van der Waals surface area contributed by atoms with E-state index in [1.165, 1.54) is 5.56 Å². The van der Waals surface area contributed by atoms with E-state index in [2.05, 4.69) is 59.3 Å². The molecule has 0 saturated carbocycles. The molecule has 0 atom stereocenters. The van der Waals surface area contributed by atoms with Gasteiger partial charge in [-0.05, 0) is 63.2 Å². The lowest BCUT2D eigenvalue weighted by Gasteiger charge is -2.23. The minimum absolute atomic E-state index is 0.0695. The van der Waals surface area contributed by atoms with Gasteiger partial charge in [0.2, 0.25) is 5.91 Å². The monoisotopic (exact) mass is 422 g/mol. The Kier molecular flexibility index (Phi) is 5.38. The SMILES string of the molecule is O=C(Cn1ccc2ccccc21)N(Cc1ccsc1)c1ccc(-c2ccccc2)cc1. The molecule has 3 nitrogen and oxygen atoms in total. The molecule has 0 aliphatic heterocycles. The number of hydrogen-bond acceptors (Lipinski definition) is 2. The van der Waals surface area contributed by atoms with Crippen LogP contribution in [-0.2, 0) is 17.9 Å². The van der Waals surface area contributed by atoms with Gasteiger partial charge in [-0.2, -0.15) is 11.3 Å². The number of para-hydroxylation sites is 1. The van der Waals surface area contributed by atoms with E-state index in [1.54, 1.807) is 11.3 Å². The molecule has 0 fully saturated rings. The largest absolute Gasteiger partial charge is 0.338 e. The summed E-state index contributed by atoms with van der Waals surface area (Å²) in [6.07, 6.45) is 1.99. The predicted molar refractivity (Wildman–Crippen MR) is 129 cm³/mol. The van der Waals surface area contributed by atoms with Gasteiger partial charge < -0.3 is 9.47 Å². The number of carbonyl (C=O) groups is 1. The molecule has 0 unspecified atom stereocenters. The van der Waals surface area contributed by atoms with Crippen molar-refractivity contribution in [3.8, 4) is 11.1 Å². The molecule has 0 bridgehead atoms. The van der Waals surface area contributed by atoms with Crippen molar-refractivity contribution in [2.45, 2.75) is 13.1 Å². The molecule has 0 spiro atoms. The Labute approximate surface area is 185 Å². The molecular weight excluding hydrogens is 400 g/mol. The van der Waals surface area contributed by atoms with Crippen LogP contribution in [0.4, 0.5) is 5.69 Å². The van der Waals surface area contributed by atoms with Crippen molar-refractivity contribution in [1.82, 2.24) is 4.57 Å². The molecule has 0 aliphatic carbocycles. The zero-order chi connectivity index (χ0) is 21.0. The third kappa shape index (κ3) is 4.16. The normalized spacial score (nSPS) is 11.0. The Morgan fingerprint density at radius 1 is 0.806 bits per heavy atom. The quantitative estimate of drug-likeness (QED) is 0.302. The van der Waals surface area contributed by atoms with Crippen LogP contribution in [-0.4, -0.2) is 10.5 Å². The first-order valence-electron chi connectivity index (χ1n) is 10.3. The molecule has 2 heterocycles. The zero-order valence-corrected chi connectivity index (χ0v) is 17.8. The van der Waals surface area contributed by atoms with Crippen LogP contribution in [0.5, 0.6) is 0 Å². The number of amides is 1. The number of fused-ring (bicyclic) bond motifs is 1. The Hall–Kier alpha value is -3.63. The van der Waals surface area contributed by atoms with E-state index in [4.69, 9.17) is 0 Å². The molecule has 31 heavy (non-hydrogen) atoms. The van der Waals surface area contributed by atoms with Crippen molar-refractivity contribution >= 4 is 33.8 Å². The van der Waals surface area contributed by atoms with Gasteiger partial charge in [0.15, 0.2) is 0 Å². The Balaban J connectivity index is 1.44. The molecule has 0 saturated heterocycles. The first-order valence-corrected chi connectivity index (χ1v) is 11.2. The van der Waals surface area contributed by atoms with Crippen molar-refractivity contribution in [3.05, 3.63) is 114 Å². The average molecular weight is 423 g/mol. The molecule has 4 heteroatoms. The first-order chi connectivity index (χ1) is 15.3. The molecule has 2 aromatic heterocycles. The van der Waals surface area contributed by atoms with E-state index >= 15 is 0 Å². The van der Waals surface area contributed by atoms with Crippen molar-refractivity contribution < 1.29 is 4.79 Å². The summed E-state index contributed by atoms with van der Waals surface area (Å²) >= 11 is 1.65. The summed E-state index contributed by atoms with van der Waals surface area (Å²) in [5.74, 6) is 0.0695. The summed E-state index contributed by atoms with van der Waals surface area (Å²) in [4.78, 5) is 15.3. The summed E-state index contributed by atoms with van der Waals surface area (Å²) < 4.78 is 2.02. The number of benzene rings is 3. The van der Waals surface area contributed by atoms with Crippen molar-refractivity contribution in [1.29, 1.82) is 0 Å². The van der Waals surface area contributed by atoms with Gasteiger partial charge in [0.25, 0.3) is 0 Å². The van der Waals surface area contributed by atoms with Crippen LogP contribution in [0.15, 0.2) is 108 Å². The van der Waals surface area contributed by atoms with E-state index < -0.39 is 0 Å². The van der Waals surface area contributed by atoms with Crippen molar-refractivity contribution in [2.24, 2.45) is 0 Å².